The molecule has 3 rings (SSSR count). The van der Waals surface area contributed by atoms with Gasteiger partial charge < -0.3 is 10.6 Å². The van der Waals surface area contributed by atoms with Crippen LogP contribution in [-0.4, -0.2) is 5.91 Å². The molecule has 0 heterocycles. The molecule has 21 heavy (non-hydrogen) atoms. The second-order valence-electron chi connectivity index (χ2n) is 5.34. The molecule has 4 heteroatoms. The monoisotopic (exact) mass is 300 g/mol. The van der Waals surface area contributed by atoms with Gasteiger partial charge in [-0.15, -0.1) is 0 Å². The van der Waals surface area contributed by atoms with Crippen LogP contribution in [0.2, 0.25) is 5.02 Å². The molecule has 0 radical (unpaired) electrons. The van der Waals surface area contributed by atoms with Crippen molar-refractivity contribution in [3.63, 3.8) is 0 Å². The van der Waals surface area contributed by atoms with E-state index in [4.69, 9.17) is 11.6 Å². The molecule has 2 N–H and O–H groups in total. The van der Waals surface area contributed by atoms with Crippen LogP contribution < -0.4 is 10.6 Å². The smallest absolute Gasteiger partial charge is 0.221 e. The number of rotatable bonds is 3. The molecule has 0 bridgehead atoms. The molecule has 0 aromatic heterocycles. The Morgan fingerprint density at radius 3 is 2.57 bits per heavy atom. The van der Waals surface area contributed by atoms with Crippen molar-refractivity contribution in [1.29, 1.82) is 0 Å². The number of halogens is 1. The van der Waals surface area contributed by atoms with Crippen LogP contribution >= 0.6 is 11.6 Å². The molecule has 1 aliphatic carbocycles. The lowest BCUT2D eigenvalue weighted by Crippen LogP contribution is -2.08. The molecule has 0 saturated heterocycles. The summed E-state index contributed by atoms with van der Waals surface area (Å²) in [5.41, 5.74) is 4.52. The second-order valence-corrected chi connectivity index (χ2v) is 5.77. The van der Waals surface area contributed by atoms with Crippen molar-refractivity contribution in [2.75, 3.05) is 10.6 Å². The fourth-order valence-electron chi connectivity index (χ4n) is 2.79. The van der Waals surface area contributed by atoms with Crippen molar-refractivity contribution in [2.24, 2.45) is 0 Å². The average Bonchev–Trinajstić information content (AvgIpc) is 2.83. The van der Waals surface area contributed by atoms with Gasteiger partial charge in [0.2, 0.25) is 5.91 Å². The van der Waals surface area contributed by atoms with Gasteiger partial charge in [-0.3, -0.25) is 4.79 Å². The van der Waals surface area contributed by atoms with Crippen molar-refractivity contribution in [2.45, 2.75) is 25.8 Å². The fraction of sp³-hybridized carbons (Fsp3) is 0.235. The first-order valence-corrected chi connectivity index (χ1v) is 7.42. The number of fused-ring (bicyclic) bond motifs is 1. The molecule has 108 valence electrons. The van der Waals surface area contributed by atoms with Crippen LogP contribution in [0.3, 0.4) is 0 Å². The van der Waals surface area contributed by atoms with Gasteiger partial charge in [-0.25, -0.2) is 0 Å². The topological polar surface area (TPSA) is 41.1 Å². The molecule has 1 amide bonds. The van der Waals surface area contributed by atoms with Crippen molar-refractivity contribution in [1.82, 2.24) is 0 Å². The maximum Gasteiger partial charge on any atom is 0.221 e. The average molecular weight is 301 g/mol. The first-order valence-electron chi connectivity index (χ1n) is 7.04. The highest BCUT2D eigenvalue weighted by molar-refractivity contribution is 6.30. The number of carbonyl (C=O) groups is 1. The summed E-state index contributed by atoms with van der Waals surface area (Å²) < 4.78 is 0. The van der Waals surface area contributed by atoms with Gasteiger partial charge in [0.25, 0.3) is 0 Å². The van der Waals surface area contributed by atoms with Crippen LogP contribution in [-0.2, 0) is 11.2 Å². The summed E-state index contributed by atoms with van der Waals surface area (Å²) >= 11 is 6.04. The number of hydrogen-bond donors (Lipinski definition) is 2. The van der Waals surface area contributed by atoms with Crippen LogP contribution in [0.5, 0.6) is 0 Å². The maximum atomic E-state index is 11.0. The Bertz CT molecular complexity index is 667. The van der Waals surface area contributed by atoms with Crippen LogP contribution in [0.15, 0.2) is 42.5 Å². The first-order chi connectivity index (χ1) is 10.1. The van der Waals surface area contributed by atoms with Crippen LogP contribution in [0, 0.1) is 0 Å². The quantitative estimate of drug-likeness (QED) is 0.882. The minimum Gasteiger partial charge on any atom is -0.378 e. The van der Waals surface area contributed by atoms with E-state index in [2.05, 4.69) is 22.8 Å². The zero-order valence-electron chi connectivity index (χ0n) is 11.8. The Kier molecular flexibility index (Phi) is 3.84. The molecule has 1 atom stereocenters. The predicted molar refractivity (Wildman–Crippen MR) is 86.9 cm³/mol. The third kappa shape index (κ3) is 3.19. The van der Waals surface area contributed by atoms with E-state index in [9.17, 15) is 4.79 Å². The van der Waals surface area contributed by atoms with Gasteiger partial charge in [-0.1, -0.05) is 17.7 Å². The van der Waals surface area contributed by atoms with Gasteiger partial charge >= 0.3 is 0 Å². The van der Waals surface area contributed by atoms with Gasteiger partial charge in [-0.05, 0) is 60.4 Å². The van der Waals surface area contributed by atoms with E-state index in [1.165, 1.54) is 18.1 Å². The van der Waals surface area contributed by atoms with E-state index < -0.39 is 0 Å². The van der Waals surface area contributed by atoms with Crippen LogP contribution in [0.4, 0.5) is 11.4 Å². The molecule has 0 aliphatic heterocycles. The number of amides is 1. The molecule has 0 fully saturated rings. The van der Waals surface area contributed by atoms with E-state index in [1.54, 1.807) is 0 Å². The summed E-state index contributed by atoms with van der Waals surface area (Å²) in [7, 11) is 0. The molecule has 2 aromatic rings. The SMILES string of the molecule is CC(=O)Nc1ccc(NC2CCc3cc(Cl)ccc32)cc1. The van der Waals surface area contributed by atoms with Gasteiger partial charge in [0, 0.05) is 23.3 Å². The lowest BCUT2D eigenvalue weighted by atomic mass is 10.1. The van der Waals surface area contributed by atoms with Gasteiger partial charge in [-0.2, -0.15) is 0 Å². The summed E-state index contributed by atoms with van der Waals surface area (Å²) in [4.78, 5) is 11.0. The number of carbonyl (C=O) groups excluding carboxylic acids is 1. The Labute approximate surface area is 129 Å². The molecule has 1 unspecified atom stereocenters. The molecular formula is C17H17ClN2O. The summed E-state index contributed by atoms with van der Waals surface area (Å²) in [6.07, 6.45) is 2.13. The highest BCUT2D eigenvalue weighted by atomic mass is 35.5. The lowest BCUT2D eigenvalue weighted by Gasteiger charge is -2.16. The number of hydrogen-bond acceptors (Lipinski definition) is 2. The van der Waals surface area contributed by atoms with E-state index in [-0.39, 0.29) is 5.91 Å². The van der Waals surface area contributed by atoms with Crippen LogP contribution in [0.25, 0.3) is 0 Å². The van der Waals surface area contributed by atoms with Gasteiger partial charge in [0.1, 0.15) is 0 Å². The standard InChI is InChI=1S/C17H17ClN2O/c1-11(21)19-14-4-6-15(7-5-14)20-17-9-2-12-10-13(18)3-8-16(12)17/h3-8,10,17,20H,2,9H2,1H3,(H,19,21). The number of anilines is 2. The summed E-state index contributed by atoms with van der Waals surface area (Å²) in [6, 6.07) is 14.2. The number of nitrogens with one attached hydrogen (secondary N) is 2. The van der Waals surface area contributed by atoms with Crippen LogP contribution in [0.1, 0.15) is 30.5 Å². The Morgan fingerprint density at radius 2 is 1.86 bits per heavy atom. The Hall–Kier alpha value is -2.00. The molecule has 1 aliphatic rings. The third-order valence-electron chi connectivity index (χ3n) is 3.73. The van der Waals surface area contributed by atoms with Gasteiger partial charge in [0.15, 0.2) is 0 Å². The minimum atomic E-state index is -0.0580. The largest absolute Gasteiger partial charge is 0.378 e. The first kappa shape index (κ1) is 14.0. The van der Waals surface area contributed by atoms with Crippen molar-refractivity contribution >= 4 is 28.9 Å². The van der Waals surface area contributed by atoms with Crippen molar-refractivity contribution in [3.05, 3.63) is 58.6 Å². The molecular weight excluding hydrogens is 284 g/mol. The normalized spacial score (nSPS) is 16.4. The zero-order chi connectivity index (χ0) is 14.8. The molecule has 2 aromatic carbocycles. The third-order valence-corrected chi connectivity index (χ3v) is 3.96. The summed E-state index contributed by atoms with van der Waals surface area (Å²) in [5.74, 6) is -0.0580. The highest BCUT2D eigenvalue weighted by Gasteiger charge is 2.22. The molecule has 0 spiro atoms. The highest BCUT2D eigenvalue weighted by Crippen LogP contribution is 2.35. The predicted octanol–water partition coefficient (Wildman–Crippen LogP) is 4.40. The second kappa shape index (κ2) is 5.78. The van der Waals surface area contributed by atoms with E-state index in [0.29, 0.717) is 6.04 Å². The Morgan fingerprint density at radius 1 is 1.14 bits per heavy atom. The van der Waals surface area contributed by atoms with E-state index in [1.807, 2.05) is 30.3 Å². The van der Waals surface area contributed by atoms with E-state index >= 15 is 0 Å². The maximum absolute atomic E-state index is 11.0. The van der Waals surface area contributed by atoms with Crippen molar-refractivity contribution in [3.8, 4) is 0 Å². The van der Waals surface area contributed by atoms with Crippen molar-refractivity contribution < 1.29 is 4.79 Å². The molecule has 3 nitrogen and oxygen atoms in total. The number of aryl methyl sites for hydroxylation is 1. The number of benzene rings is 2. The summed E-state index contributed by atoms with van der Waals surface area (Å²) in [5, 5.41) is 7.11. The lowest BCUT2D eigenvalue weighted by molar-refractivity contribution is -0.114. The van der Waals surface area contributed by atoms with E-state index in [0.717, 1.165) is 29.2 Å². The molecule has 0 saturated carbocycles. The Balaban J connectivity index is 1.72. The fourth-order valence-corrected chi connectivity index (χ4v) is 2.98. The zero-order valence-corrected chi connectivity index (χ0v) is 12.6. The minimum absolute atomic E-state index is 0.0580. The summed E-state index contributed by atoms with van der Waals surface area (Å²) in [6.45, 7) is 1.51. The van der Waals surface area contributed by atoms with Gasteiger partial charge in [0.05, 0.1) is 6.04 Å².